The van der Waals surface area contributed by atoms with Crippen LogP contribution in [0.5, 0.6) is 0 Å². The first-order valence-corrected chi connectivity index (χ1v) is 9.48. The molecule has 0 aliphatic carbocycles. The molecule has 0 atom stereocenters. The Hall–Kier alpha value is -1.84. The zero-order valence-electron chi connectivity index (χ0n) is 11.6. The molecule has 0 aliphatic heterocycles. The van der Waals surface area contributed by atoms with Crippen molar-refractivity contribution >= 4 is 54.6 Å². The summed E-state index contributed by atoms with van der Waals surface area (Å²) in [4.78, 5) is 12.0. The lowest BCUT2D eigenvalue weighted by molar-refractivity contribution is -0.118. The summed E-state index contributed by atoms with van der Waals surface area (Å²) < 4.78 is 35.7. The first kappa shape index (κ1) is 16.0. The summed E-state index contributed by atoms with van der Waals surface area (Å²) in [5.41, 5.74) is 1.47. The third-order valence-electron chi connectivity index (χ3n) is 3.06. The molecular formula is C14H10BrN3O3S2. The number of carbonyl (C=O) groups excluding carboxylic acids is 1. The lowest BCUT2D eigenvalue weighted by atomic mass is 10.1. The van der Waals surface area contributed by atoms with Crippen LogP contribution in [-0.4, -0.2) is 23.1 Å². The van der Waals surface area contributed by atoms with Crippen molar-refractivity contribution in [3.8, 4) is 0 Å². The Labute approximate surface area is 145 Å². The van der Waals surface area contributed by atoms with Crippen LogP contribution in [0.2, 0.25) is 0 Å². The topological polar surface area (TPSA) is 89.0 Å². The third-order valence-corrected chi connectivity index (χ3v) is 5.54. The number of sulfonamides is 1. The SMILES string of the molecule is O=C(Cc1ccc(Br)cc1)NS(=O)(=O)c1cccc2nsnc12. The van der Waals surface area contributed by atoms with Crippen LogP contribution >= 0.6 is 27.7 Å². The van der Waals surface area contributed by atoms with Gasteiger partial charge in [-0.2, -0.15) is 8.75 Å². The Bertz CT molecular complexity index is 968. The Kier molecular flexibility index (Phi) is 4.42. The van der Waals surface area contributed by atoms with Crippen molar-refractivity contribution in [1.29, 1.82) is 0 Å². The molecule has 6 nitrogen and oxygen atoms in total. The van der Waals surface area contributed by atoms with E-state index in [1.807, 2.05) is 0 Å². The summed E-state index contributed by atoms with van der Waals surface area (Å²) in [5, 5.41) is 0. The highest BCUT2D eigenvalue weighted by Crippen LogP contribution is 2.21. The van der Waals surface area contributed by atoms with E-state index >= 15 is 0 Å². The van der Waals surface area contributed by atoms with Crippen LogP contribution in [0.15, 0.2) is 51.8 Å². The van der Waals surface area contributed by atoms with Gasteiger partial charge >= 0.3 is 0 Å². The maximum atomic E-state index is 12.4. The summed E-state index contributed by atoms with van der Waals surface area (Å²) in [6.07, 6.45) is -0.0300. The number of nitrogens with zero attached hydrogens (tertiary/aromatic N) is 2. The van der Waals surface area contributed by atoms with Crippen LogP contribution in [0.1, 0.15) is 5.56 Å². The van der Waals surface area contributed by atoms with E-state index in [2.05, 4.69) is 29.4 Å². The van der Waals surface area contributed by atoms with Gasteiger partial charge in [-0.25, -0.2) is 13.1 Å². The fourth-order valence-electron chi connectivity index (χ4n) is 2.03. The molecule has 0 saturated heterocycles. The summed E-state index contributed by atoms with van der Waals surface area (Å²) >= 11 is 4.23. The van der Waals surface area contributed by atoms with Gasteiger partial charge < -0.3 is 0 Å². The first-order valence-electron chi connectivity index (χ1n) is 6.47. The van der Waals surface area contributed by atoms with Gasteiger partial charge in [0, 0.05) is 4.47 Å². The van der Waals surface area contributed by atoms with Gasteiger partial charge in [-0.3, -0.25) is 4.79 Å². The van der Waals surface area contributed by atoms with Crippen LogP contribution in [0, 0.1) is 0 Å². The number of nitrogens with one attached hydrogen (secondary N) is 1. The lowest BCUT2D eigenvalue weighted by Crippen LogP contribution is -2.32. The lowest BCUT2D eigenvalue weighted by Gasteiger charge is -2.07. The highest BCUT2D eigenvalue weighted by atomic mass is 79.9. The van der Waals surface area contributed by atoms with Crippen LogP contribution in [0.25, 0.3) is 11.0 Å². The molecule has 0 bridgehead atoms. The molecule has 9 heteroatoms. The highest BCUT2D eigenvalue weighted by Gasteiger charge is 2.22. The quantitative estimate of drug-likeness (QED) is 0.712. The second kappa shape index (κ2) is 6.34. The standard InChI is InChI=1S/C14H10BrN3O3S2/c15-10-6-4-9(5-7-10)8-13(19)18-23(20,21)12-3-1-2-11-14(12)17-22-16-11/h1-7H,8H2,(H,18,19). The number of carbonyl (C=O) groups is 1. The molecule has 0 saturated carbocycles. The minimum Gasteiger partial charge on any atom is -0.274 e. The molecule has 1 N–H and O–H groups in total. The van der Waals surface area contributed by atoms with Crippen molar-refractivity contribution in [1.82, 2.24) is 13.5 Å². The monoisotopic (exact) mass is 411 g/mol. The minimum absolute atomic E-state index is 0.0300. The number of hydrogen-bond donors (Lipinski definition) is 1. The summed E-state index contributed by atoms with van der Waals surface area (Å²) in [6, 6.07) is 11.7. The average Bonchev–Trinajstić information content (AvgIpc) is 2.97. The van der Waals surface area contributed by atoms with Crippen LogP contribution in [0.3, 0.4) is 0 Å². The highest BCUT2D eigenvalue weighted by molar-refractivity contribution is 9.10. The van der Waals surface area contributed by atoms with Crippen molar-refractivity contribution in [2.24, 2.45) is 0 Å². The third kappa shape index (κ3) is 3.57. The summed E-state index contributed by atoms with van der Waals surface area (Å²) in [6.45, 7) is 0. The van der Waals surface area contributed by atoms with Crippen molar-refractivity contribution in [2.45, 2.75) is 11.3 Å². The number of aromatic nitrogens is 2. The van der Waals surface area contributed by atoms with E-state index in [0.29, 0.717) is 5.52 Å². The molecule has 1 amide bonds. The van der Waals surface area contributed by atoms with Crippen LogP contribution in [-0.2, 0) is 21.2 Å². The zero-order valence-corrected chi connectivity index (χ0v) is 14.8. The van der Waals surface area contributed by atoms with Crippen LogP contribution in [0.4, 0.5) is 0 Å². The van der Waals surface area contributed by atoms with Crippen molar-refractivity contribution < 1.29 is 13.2 Å². The maximum Gasteiger partial charge on any atom is 0.266 e. The first-order chi connectivity index (χ1) is 11.0. The normalized spacial score (nSPS) is 11.5. The Morgan fingerprint density at radius 3 is 2.61 bits per heavy atom. The molecular weight excluding hydrogens is 402 g/mol. The molecule has 0 unspecified atom stereocenters. The molecule has 3 rings (SSSR count). The number of halogens is 1. The van der Waals surface area contributed by atoms with Crippen molar-refractivity contribution in [2.75, 3.05) is 0 Å². The molecule has 0 radical (unpaired) electrons. The molecule has 0 aliphatic rings. The number of hydrogen-bond acceptors (Lipinski definition) is 6. The fourth-order valence-corrected chi connectivity index (χ4v) is 4.04. The van der Waals surface area contributed by atoms with E-state index < -0.39 is 15.9 Å². The molecule has 1 aromatic heterocycles. The maximum absolute atomic E-state index is 12.4. The predicted octanol–water partition coefficient (Wildman–Crippen LogP) is 2.50. The predicted molar refractivity (Wildman–Crippen MR) is 90.6 cm³/mol. The summed E-state index contributed by atoms with van der Waals surface area (Å²) in [7, 11) is -3.99. The van der Waals surface area contributed by atoms with E-state index in [1.165, 1.54) is 6.07 Å². The van der Waals surface area contributed by atoms with Crippen LogP contribution < -0.4 is 4.72 Å². The molecule has 0 fully saturated rings. The van der Waals surface area contributed by atoms with Gasteiger partial charge in [-0.15, -0.1) is 0 Å². The fraction of sp³-hybridized carbons (Fsp3) is 0.0714. The Balaban J connectivity index is 1.82. The minimum atomic E-state index is -3.99. The average molecular weight is 412 g/mol. The number of fused-ring (bicyclic) bond motifs is 1. The van der Waals surface area contributed by atoms with Gasteiger partial charge in [0.2, 0.25) is 5.91 Å². The van der Waals surface area contributed by atoms with Gasteiger partial charge in [0.05, 0.1) is 18.1 Å². The molecule has 118 valence electrons. The van der Waals surface area contributed by atoms with E-state index in [0.717, 1.165) is 21.8 Å². The number of benzene rings is 2. The van der Waals surface area contributed by atoms with E-state index in [-0.39, 0.29) is 16.8 Å². The Morgan fingerprint density at radius 2 is 1.87 bits per heavy atom. The molecule has 3 aromatic rings. The van der Waals surface area contributed by atoms with Gasteiger partial charge in [-0.05, 0) is 29.8 Å². The number of amides is 1. The Morgan fingerprint density at radius 1 is 1.13 bits per heavy atom. The molecule has 0 spiro atoms. The summed E-state index contributed by atoms with van der Waals surface area (Å²) in [5.74, 6) is -0.604. The second-order valence-electron chi connectivity index (χ2n) is 4.72. The van der Waals surface area contributed by atoms with Crippen molar-refractivity contribution in [3.05, 3.63) is 52.5 Å². The van der Waals surface area contributed by atoms with Gasteiger partial charge in [0.15, 0.2) is 0 Å². The molecule has 1 heterocycles. The van der Waals surface area contributed by atoms with Crippen molar-refractivity contribution in [3.63, 3.8) is 0 Å². The molecule has 23 heavy (non-hydrogen) atoms. The van der Waals surface area contributed by atoms with E-state index in [4.69, 9.17) is 0 Å². The van der Waals surface area contributed by atoms with Gasteiger partial charge in [-0.1, -0.05) is 34.1 Å². The number of rotatable bonds is 4. The smallest absolute Gasteiger partial charge is 0.266 e. The van der Waals surface area contributed by atoms with Gasteiger partial charge in [0.25, 0.3) is 10.0 Å². The van der Waals surface area contributed by atoms with E-state index in [9.17, 15) is 13.2 Å². The zero-order chi connectivity index (χ0) is 16.4. The second-order valence-corrected chi connectivity index (χ2v) is 7.81. The van der Waals surface area contributed by atoms with E-state index in [1.54, 1.807) is 36.4 Å². The largest absolute Gasteiger partial charge is 0.274 e. The molecule has 2 aromatic carbocycles. The van der Waals surface area contributed by atoms with Gasteiger partial charge in [0.1, 0.15) is 15.9 Å².